The fourth-order valence-corrected chi connectivity index (χ4v) is 3.73. The third-order valence-corrected chi connectivity index (χ3v) is 5.19. The smallest absolute Gasteiger partial charge is 0.208 e. The maximum atomic E-state index is 12.8. The molecule has 3 nitrogen and oxygen atoms in total. The molecule has 0 saturated heterocycles. The van der Waals surface area contributed by atoms with E-state index >= 15 is 0 Å². The van der Waals surface area contributed by atoms with Gasteiger partial charge in [0.1, 0.15) is 0 Å². The Balaban J connectivity index is 2.06. The lowest BCUT2D eigenvalue weighted by Gasteiger charge is -2.13. The first-order valence-electron chi connectivity index (χ1n) is 6.98. The first-order valence-corrected chi connectivity index (χ1v) is 8.46. The van der Waals surface area contributed by atoms with Crippen LogP contribution in [0.2, 0.25) is 0 Å². The lowest BCUT2D eigenvalue weighted by atomic mass is 10.1. The monoisotopic (exact) mass is 309 g/mol. The average molecular weight is 309 g/mol. The molecule has 0 amide bonds. The molecule has 110 valence electrons. The summed E-state index contributed by atoms with van der Waals surface area (Å²) in [5.74, 6) is 0. The van der Waals surface area contributed by atoms with Crippen LogP contribution in [0.4, 0.5) is 5.69 Å². The lowest BCUT2D eigenvalue weighted by molar-refractivity contribution is 0.603. The highest BCUT2D eigenvalue weighted by atomic mass is 32.2. The molecular formula is C18H15NO2S. The largest absolute Gasteiger partial charge is 0.252 e. The molecule has 2 aromatic carbocycles. The van der Waals surface area contributed by atoms with Crippen molar-refractivity contribution in [2.24, 2.45) is 4.99 Å². The fraction of sp³-hybridized carbons (Fsp3) is 0.0556. The van der Waals surface area contributed by atoms with Crippen molar-refractivity contribution in [3.8, 4) is 0 Å². The van der Waals surface area contributed by atoms with Crippen LogP contribution in [0.3, 0.4) is 0 Å². The van der Waals surface area contributed by atoms with Crippen LogP contribution < -0.4 is 0 Å². The molecule has 0 atom stereocenters. The number of allylic oxidation sites excluding steroid dienone is 4. The molecule has 0 unspecified atom stereocenters. The Morgan fingerprint density at radius 1 is 0.864 bits per heavy atom. The molecule has 1 aliphatic carbocycles. The number of hydrogen-bond donors (Lipinski definition) is 0. The second-order valence-electron chi connectivity index (χ2n) is 4.87. The average Bonchev–Trinajstić information content (AvgIpc) is 2.57. The maximum Gasteiger partial charge on any atom is 0.208 e. The van der Waals surface area contributed by atoms with E-state index in [1.165, 1.54) is 0 Å². The highest BCUT2D eigenvalue weighted by Gasteiger charge is 2.25. The summed E-state index contributed by atoms with van der Waals surface area (Å²) in [4.78, 5) is 5.07. The Morgan fingerprint density at radius 2 is 1.50 bits per heavy atom. The summed E-state index contributed by atoms with van der Waals surface area (Å²) in [7, 11) is -3.55. The van der Waals surface area contributed by atoms with Crippen molar-refractivity contribution in [2.45, 2.75) is 11.3 Å². The normalized spacial score (nSPS) is 16.5. The second kappa shape index (κ2) is 6.12. The zero-order valence-corrected chi connectivity index (χ0v) is 12.7. The van der Waals surface area contributed by atoms with Gasteiger partial charge in [-0.15, -0.1) is 0 Å². The van der Waals surface area contributed by atoms with E-state index in [2.05, 4.69) is 4.99 Å². The van der Waals surface area contributed by atoms with Crippen molar-refractivity contribution >= 4 is 21.2 Å². The predicted molar refractivity (Wildman–Crippen MR) is 89.0 cm³/mol. The molecular weight excluding hydrogens is 294 g/mol. The number of benzene rings is 2. The van der Waals surface area contributed by atoms with Gasteiger partial charge in [0.2, 0.25) is 9.84 Å². The van der Waals surface area contributed by atoms with Gasteiger partial charge in [-0.2, -0.15) is 0 Å². The van der Waals surface area contributed by atoms with E-state index in [4.69, 9.17) is 0 Å². The van der Waals surface area contributed by atoms with Crippen LogP contribution in [0.5, 0.6) is 0 Å². The van der Waals surface area contributed by atoms with Gasteiger partial charge in [0, 0.05) is 6.42 Å². The molecule has 0 fully saturated rings. The van der Waals surface area contributed by atoms with E-state index in [0.717, 1.165) is 5.69 Å². The van der Waals surface area contributed by atoms with E-state index in [1.54, 1.807) is 42.5 Å². The number of aliphatic imine (C=N–C) groups is 1. The Hall–Kier alpha value is -2.46. The minimum Gasteiger partial charge on any atom is -0.252 e. The highest BCUT2D eigenvalue weighted by molar-refractivity contribution is 7.96. The molecule has 0 heterocycles. The standard InChI is InChI=1S/C18H15NO2S/c20-22(21,16-11-5-2-6-12-16)18-14-8-7-13-17(18)19-15-9-3-1-4-10-15/h1-12,14H,13H2. The Kier molecular flexibility index (Phi) is 4.02. The van der Waals surface area contributed by atoms with Gasteiger partial charge in [-0.25, -0.2) is 8.42 Å². The summed E-state index contributed by atoms with van der Waals surface area (Å²) in [6.07, 6.45) is 5.80. The third-order valence-electron chi connectivity index (χ3n) is 3.34. The van der Waals surface area contributed by atoms with Crippen LogP contribution in [-0.4, -0.2) is 14.1 Å². The molecule has 0 aromatic heterocycles. The van der Waals surface area contributed by atoms with Crippen molar-refractivity contribution < 1.29 is 8.42 Å². The Bertz CT molecular complexity index is 848. The molecule has 3 rings (SSSR count). The summed E-state index contributed by atoms with van der Waals surface area (Å²) in [6, 6.07) is 17.8. The summed E-state index contributed by atoms with van der Waals surface area (Å²) in [6.45, 7) is 0. The van der Waals surface area contributed by atoms with Gasteiger partial charge in [-0.05, 0) is 30.3 Å². The van der Waals surface area contributed by atoms with E-state index in [9.17, 15) is 8.42 Å². The van der Waals surface area contributed by atoms with Crippen molar-refractivity contribution in [1.29, 1.82) is 0 Å². The number of hydrogen-bond acceptors (Lipinski definition) is 3. The molecule has 0 aliphatic heterocycles. The first-order chi connectivity index (χ1) is 10.7. The van der Waals surface area contributed by atoms with Gasteiger partial charge in [-0.3, -0.25) is 4.99 Å². The zero-order chi connectivity index (χ0) is 15.4. The molecule has 22 heavy (non-hydrogen) atoms. The first kappa shape index (κ1) is 14.5. The third kappa shape index (κ3) is 2.92. The van der Waals surface area contributed by atoms with Gasteiger partial charge in [0.25, 0.3) is 0 Å². The van der Waals surface area contributed by atoms with Crippen LogP contribution >= 0.6 is 0 Å². The van der Waals surface area contributed by atoms with Gasteiger partial charge >= 0.3 is 0 Å². The van der Waals surface area contributed by atoms with Crippen molar-refractivity contribution in [3.05, 3.63) is 83.8 Å². The quantitative estimate of drug-likeness (QED) is 0.857. The molecule has 0 N–H and O–H groups in total. The molecule has 0 radical (unpaired) electrons. The van der Waals surface area contributed by atoms with Gasteiger partial charge in [-0.1, -0.05) is 48.6 Å². The topological polar surface area (TPSA) is 46.5 Å². The van der Waals surface area contributed by atoms with Crippen LogP contribution in [0.25, 0.3) is 0 Å². The van der Waals surface area contributed by atoms with Crippen molar-refractivity contribution in [3.63, 3.8) is 0 Å². The maximum absolute atomic E-state index is 12.8. The molecule has 1 aliphatic rings. The number of nitrogens with zero attached hydrogens (tertiary/aromatic N) is 1. The van der Waals surface area contributed by atoms with E-state index < -0.39 is 9.84 Å². The highest BCUT2D eigenvalue weighted by Crippen LogP contribution is 2.26. The second-order valence-corrected chi connectivity index (χ2v) is 6.79. The van der Waals surface area contributed by atoms with Gasteiger partial charge in [0.05, 0.1) is 21.2 Å². The fourth-order valence-electron chi connectivity index (χ4n) is 2.26. The summed E-state index contributed by atoms with van der Waals surface area (Å²) in [5, 5.41) is 0. The van der Waals surface area contributed by atoms with Crippen molar-refractivity contribution in [1.82, 2.24) is 0 Å². The van der Waals surface area contributed by atoms with Crippen LogP contribution in [-0.2, 0) is 9.84 Å². The summed E-state index contributed by atoms with van der Waals surface area (Å²) >= 11 is 0. The van der Waals surface area contributed by atoms with Crippen LogP contribution in [0.1, 0.15) is 6.42 Å². The van der Waals surface area contributed by atoms with E-state index in [0.29, 0.717) is 12.1 Å². The van der Waals surface area contributed by atoms with E-state index in [1.807, 2.05) is 36.4 Å². The summed E-state index contributed by atoms with van der Waals surface area (Å²) < 4.78 is 25.6. The number of para-hydroxylation sites is 1. The minimum atomic E-state index is -3.55. The Labute approximate surface area is 130 Å². The predicted octanol–water partition coefficient (Wildman–Crippen LogP) is 4.08. The van der Waals surface area contributed by atoms with Gasteiger partial charge < -0.3 is 0 Å². The van der Waals surface area contributed by atoms with Crippen LogP contribution in [0.15, 0.2) is 93.7 Å². The molecule has 0 bridgehead atoms. The van der Waals surface area contributed by atoms with Gasteiger partial charge in [0.15, 0.2) is 0 Å². The minimum absolute atomic E-state index is 0.269. The Morgan fingerprint density at radius 3 is 2.18 bits per heavy atom. The summed E-state index contributed by atoms with van der Waals surface area (Å²) in [5.41, 5.74) is 1.32. The van der Waals surface area contributed by atoms with Crippen molar-refractivity contribution in [2.75, 3.05) is 0 Å². The number of sulfone groups is 1. The molecule has 0 saturated carbocycles. The van der Waals surface area contributed by atoms with E-state index in [-0.39, 0.29) is 9.80 Å². The molecule has 0 spiro atoms. The SMILES string of the molecule is O=S(=O)(C1=CC=CCC1=Nc1ccccc1)c1ccccc1. The molecule has 4 heteroatoms. The van der Waals surface area contributed by atoms with Crippen LogP contribution in [0, 0.1) is 0 Å². The zero-order valence-electron chi connectivity index (χ0n) is 11.9. The lowest BCUT2D eigenvalue weighted by Crippen LogP contribution is -2.15. The number of rotatable bonds is 3. The molecule has 2 aromatic rings.